The molecular weight excluding hydrogens is 256 g/mol. The highest BCUT2D eigenvalue weighted by atomic mass is 16.6. The van der Waals surface area contributed by atoms with Gasteiger partial charge in [0.05, 0.1) is 4.92 Å². The summed E-state index contributed by atoms with van der Waals surface area (Å²) >= 11 is 0. The van der Waals surface area contributed by atoms with Crippen LogP contribution in [-0.4, -0.2) is 42.0 Å². The fraction of sp³-hybridized carbons (Fsp3) is 0.500. The molecule has 0 aliphatic carbocycles. The lowest BCUT2D eigenvalue weighted by Crippen LogP contribution is -2.49. The molecule has 2 rings (SSSR count). The third kappa shape index (κ3) is 2.73. The molecule has 6 heteroatoms. The standard InChI is InChI=1S/C14H18N4O2/c1-11(2)16-6-8-17(9-7-16)13-5-3-4-12(10-15)14(13)18(19)20/h3-5,11H,6-9H2,1-2H3. The zero-order chi connectivity index (χ0) is 14.7. The summed E-state index contributed by atoms with van der Waals surface area (Å²) in [5.74, 6) is 0. The summed E-state index contributed by atoms with van der Waals surface area (Å²) in [6, 6.07) is 7.31. The minimum Gasteiger partial charge on any atom is -0.363 e. The fourth-order valence-electron chi connectivity index (χ4n) is 2.55. The first-order valence-corrected chi connectivity index (χ1v) is 6.71. The molecule has 106 valence electrons. The van der Waals surface area contributed by atoms with E-state index in [4.69, 9.17) is 5.26 Å². The van der Waals surface area contributed by atoms with Crippen molar-refractivity contribution in [3.05, 3.63) is 33.9 Å². The average Bonchev–Trinajstić information content (AvgIpc) is 2.46. The van der Waals surface area contributed by atoms with Gasteiger partial charge in [0, 0.05) is 32.2 Å². The summed E-state index contributed by atoms with van der Waals surface area (Å²) in [5.41, 5.74) is 0.601. The molecule has 0 atom stereocenters. The van der Waals surface area contributed by atoms with Gasteiger partial charge in [-0.15, -0.1) is 0 Å². The van der Waals surface area contributed by atoms with Crippen LogP contribution < -0.4 is 4.90 Å². The Morgan fingerprint density at radius 3 is 2.45 bits per heavy atom. The molecule has 6 nitrogen and oxygen atoms in total. The van der Waals surface area contributed by atoms with Crippen molar-refractivity contribution in [2.75, 3.05) is 31.1 Å². The van der Waals surface area contributed by atoms with Gasteiger partial charge >= 0.3 is 5.69 Å². The molecule has 0 aromatic heterocycles. The van der Waals surface area contributed by atoms with Crippen LogP contribution in [-0.2, 0) is 0 Å². The number of nitrogens with zero attached hydrogens (tertiary/aromatic N) is 4. The maximum atomic E-state index is 11.2. The number of hydrogen-bond donors (Lipinski definition) is 0. The van der Waals surface area contributed by atoms with Crippen molar-refractivity contribution in [1.29, 1.82) is 5.26 Å². The molecule has 1 fully saturated rings. The van der Waals surface area contributed by atoms with Gasteiger partial charge in [-0.25, -0.2) is 0 Å². The monoisotopic (exact) mass is 274 g/mol. The highest BCUT2D eigenvalue weighted by Gasteiger charge is 2.26. The van der Waals surface area contributed by atoms with Crippen LogP contribution in [0, 0.1) is 21.4 Å². The predicted molar refractivity (Wildman–Crippen MR) is 76.7 cm³/mol. The molecule has 0 radical (unpaired) electrons. The van der Waals surface area contributed by atoms with Crippen molar-refractivity contribution in [2.45, 2.75) is 19.9 Å². The van der Waals surface area contributed by atoms with Crippen molar-refractivity contribution in [3.8, 4) is 6.07 Å². The zero-order valence-corrected chi connectivity index (χ0v) is 11.7. The second kappa shape index (κ2) is 5.88. The van der Waals surface area contributed by atoms with Crippen molar-refractivity contribution >= 4 is 11.4 Å². The van der Waals surface area contributed by atoms with Gasteiger partial charge in [0.15, 0.2) is 0 Å². The van der Waals surface area contributed by atoms with E-state index in [1.54, 1.807) is 12.1 Å². The molecule has 1 aliphatic heterocycles. The summed E-state index contributed by atoms with van der Waals surface area (Å²) in [4.78, 5) is 15.1. The second-order valence-electron chi connectivity index (χ2n) is 5.16. The lowest BCUT2D eigenvalue weighted by atomic mass is 10.1. The van der Waals surface area contributed by atoms with E-state index in [1.807, 2.05) is 11.0 Å². The van der Waals surface area contributed by atoms with Gasteiger partial charge in [-0.05, 0) is 26.0 Å². The number of para-hydroxylation sites is 1. The van der Waals surface area contributed by atoms with E-state index >= 15 is 0 Å². The minimum atomic E-state index is -0.456. The van der Waals surface area contributed by atoms with Crippen molar-refractivity contribution in [1.82, 2.24) is 4.90 Å². The molecule has 0 bridgehead atoms. The first kappa shape index (κ1) is 14.3. The van der Waals surface area contributed by atoms with Crippen LogP contribution in [0.4, 0.5) is 11.4 Å². The molecule has 0 spiro atoms. The molecule has 0 saturated carbocycles. The summed E-state index contributed by atoms with van der Waals surface area (Å²) < 4.78 is 0. The van der Waals surface area contributed by atoms with E-state index in [-0.39, 0.29) is 11.3 Å². The van der Waals surface area contributed by atoms with E-state index < -0.39 is 4.92 Å². The second-order valence-corrected chi connectivity index (χ2v) is 5.16. The number of piperazine rings is 1. The molecule has 1 heterocycles. The van der Waals surface area contributed by atoms with Crippen LogP contribution in [0.15, 0.2) is 18.2 Å². The Labute approximate surface area is 118 Å². The van der Waals surface area contributed by atoms with Crippen LogP contribution in [0.25, 0.3) is 0 Å². The smallest absolute Gasteiger partial charge is 0.310 e. The first-order valence-electron chi connectivity index (χ1n) is 6.71. The van der Waals surface area contributed by atoms with Gasteiger partial charge in [-0.2, -0.15) is 5.26 Å². The highest BCUT2D eigenvalue weighted by molar-refractivity contribution is 5.70. The third-order valence-corrected chi connectivity index (χ3v) is 3.70. The molecule has 1 aliphatic rings. The maximum absolute atomic E-state index is 11.2. The van der Waals surface area contributed by atoms with E-state index in [1.165, 1.54) is 6.07 Å². The number of rotatable bonds is 3. The Morgan fingerprint density at radius 2 is 1.95 bits per heavy atom. The topological polar surface area (TPSA) is 73.4 Å². The quantitative estimate of drug-likeness (QED) is 0.622. The van der Waals surface area contributed by atoms with Crippen molar-refractivity contribution < 1.29 is 4.92 Å². The third-order valence-electron chi connectivity index (χ3n) is 3.70. The molecule has 1 aromatic rings. The fourth-order valence-corrected chi connectivity index (χ4v) is 2.55. The Kier molecular flexibility index (Phi) is 4.20. The van der Waals surface area contributed by atoms with Gasteiger partial charge in [0.2, 0.25) is 0 Å². The average molecular weight is 274 g/mol. The lowest BCUT2D eigenvalue weighted by molar-refractivity contribution is -0.384. The Bertz CT molecular complexity index is 543. The normalized spacial score (nSPS) is 16.2. The largest absolute Gasteiger partial charge is 0.363 e. The van der Waals surface area contributed by atoms with Crippen LogP contribution >= 0.6 is 0 Å². The molecule has 20 heavy (non-hydrogen) atoms. The number of anilines is 1. The van der Waals surface area contributed by atoms with Gasteiger partial charge < -0.3 is 4.90 Å². The van der Waals surface area contributed by atoms with Gasteiger partial charge in [0.25, 0.3) is 0 Å². The van der Waals surface area contributed by atoms with Crippen LogP contribution in [0.2, 0.25) is 0 Å². The number of hydrogen-bond acceptors (Lipinski definition) is 5. The Balaban J connectivity index is 2.27. The summed E-state index contributed by atoms with van der Waals surface area (Å²) in [5, 5.41) is 20.3. The number of nitro groups is 1. The summed E-state index contributed by atoms with van der Waals surface area (Å²) in [6.07, 6.45) is 0. The SMILES string of the molecule is CC(C)N1CCN(c2cccc(C#N)c2[N+](=O)[O-])CC1. The number of benzene rings is 1. The van der Waals surface area contributed by atoms with E-state index in [0.717, 1.165) is 26.2 Å². The Hall–Kier alpha value is -2.13. The predicted octanol–water partition coefficient (Wildman–Crippen LogP) is 2.00. The van der Waals surface area contributed by atoms with Crippen molar-refractivity contribution in [3.63, 3.8) is 0 Å². The summed E-state index contributed by atoms with van der Waals surface area (Å²) in [7, 11) is 0. The van der Waals surface area contributed by atoms with Crippen LogP contribution in [0.3, 0.4) is 0 Å². The zero-order valence-electron chi connectivity index (χ0n) is 11.7. The molecule has 1 aromatic carbocycles. The summed E-state index contributed by atoms with van der Waals surface area (Å²) in [6.45, 7) is 7.54. The van der Waals surface area contributed by atoms with E-state index in [9.17, 15) is 10.1 Å². The van der Waals surface area contributed by atoms with Gasteiger partial charge in [-0.1, -0.05) is 6.07 Å². The minimum absolute atomic E-state index is 0.0759. The maximum Gasteiger partial charge on any atom is 0.310 e. The van der Waals surface area contributed by atoms with Gasteiger partial charge in [0.1, 0.15) is 17.3 Å². The van der Waals surface area contributed by atoms with Gasteiger partial charge in [-0.3, -0.25) is 15.0 Å². The van der Waals surface area contributed by atoms with Crippen LogP contribution in [0.5, 0.6) is 0 Å². The Morgan fingerprint density at radius 1 is 1.30 bits per heavy atom. The molecule has 0 unspecified atom stereocenters. The lowest BCUT2D eigenvalue weighted by Gasteiger charge is -2.37. The highest BCUT2D eigenvalue weighted by Crippen LogP contribution is 2.32. The van der Waals surface area contributed by atoms with E-state index in [0.29, 0.717) is 11.7 Å². The molecule has 0 N–H and O–H groups in total. The molecule has 1 saturated heterocycles. The molecule has 0 amide bonds. The van der Waals surface area contributed by atoms with Crippen molar-refractivity contribution in [2.24, 2.45) is 0 Å². The molecular formula is C14H18N4O2. The van der Waals surface area contributed by atoms with Crippen LogP contribution in [0.1, 0.15) is 19.4 Å². The first-order chi connectivity index (χ1) is 9.54. The van der Waals surface area contributed by atoms with E-state index in [2.05, 4.69) is 18.7 Å². The number of nitriles is 1. The number of nitro benzene ring substituents is 1.